The van der Waals surface area contributed by atoms with E-state index in [2.05, 4.69) is 28.9 Å². The summed E-state index contributed by atoms with van der Waals surface area (Å²) in [6.45, 7) is 5.65. The van der Waals surface area contributed by atoms with Gasteiger partial charge in [-0.25, -0.2) is 4.98 Å². The molecular weight excluding hydrogens is 254 g/mol. The molecule has 0 atom stereocenters. The summed E-state index contributed by atoms with van der Waals surface area (Å²) in [5.41, 5.74) is 2.48. The van der Waals surface area contributed by atoms with Gasteiger partial charge in [-0.1, -0.05) is 24.3 Å². The number of hydrogen-bond donors (Lipinski definition) is 0. The lowest BCUT2D eigenvalue weighted by Gasteiger charge is -2.22. The molecule has 5 heteroatoms. The van der Waals surface area contributed by atoms with E-state index in [0.29, 0.717) is 0 Å². The van der Waals surface area contributed by atoms with E-state index in [-0.39, 0.29) is 5.69 Å². The third-order valence-corrected chi connectivity index (χ3v) is 3.27. The van der Waals surface area contributed by atoms with Crippen molar-refractivity contribution in [2.45, 2.75) is 20.4 Å². The van der Waals surface area contributed by atoms with Crippen LogP contribution in [0.4, 0.5) is 11.5 Å². The topological polar surface area (TPSA) is 59.3 Å². The Labute approximate surface area is 118 Å². The molecule has 1 aromatic heterocycles. The zero-order chi connectivity index (χ0) is 14.5. The van der Waals surface area contributed by atoms with E-state index in [9.17, 15) is 10.1 Å². The van der Waals surface area contributed by atoms with Crippen LogP contribution in [-0.2, 0) is 6.54 Å². The van der Waals surface area contributed by atoms with E-state index < -0.39 is 4.92 Å². The number of pyridine rings is 1. The number of anilines is 1. The molecule has 0 saturated heterocycles. The molecule has 0 aliphatic heterocycles. The first-order chi connectivity index (χ1) is 9.61. The van der Waals surface area contributed by atoms with Crippen molar-refractivity contribution in [2.24, 2.45) is 0 Å². The van der Waals surface area contributed by atoms with E-state index in [0.717, 1.165) is 18.9 Å². The van der Waals surface area contributed by atoms with Crippen molar-refractivity contribution in [1.29, 1.82) is 0 Å². The van der Waals surface area contributed by atoms with Crippen molar-refractivity contribution in [1.82, 2.24) is 4.98 Å². The molecule has 0 fully saturated rings. The molecule has 0 amide bonds. The Morgan fingerprint density at radius 2 is 2.00 bits per heavy atom. The van der Waals surface area contributed by atoms with E-state index in [1.165, 1.54) is 23.4 Å². The first-order valence-corrected chi connectivity index (χ1v) is 6.51. The molecule has 20 heavy (non-hydrogen) atoms. The van der Waals surface area contributed by atoms with Crippen LogP contribution in [0.2, 0.25) is 0 Å². The fourth-order valence-electron chi connectivity index (χ4n) is 2.02. The molecule has 0 bridgehead atoms. The van der Waals surface area contributed by atoms with Crippen LogP contribution in [0.25, 0.3) is 0 Å². The molecule has 0 aliphatic carbocycles. The summed E-state index contributed by atoms with van der Waals surface area (Å²) in [6.07, 6.45) is 1.30. The van der Waals surface area contributed by atoms with Crippen molar-refractivity contribution in [2.75, 3.05) is 11.4 Å². The van der Waals surface area contributed by atoms with Gasteiger partial charge in [0.15, 0.2) is 0 Å². The van der Waals surface area contributed by atoms with Gasteiger partial charge in [0.2, 0.25) is 0 Å². The number of nitrogens with zero attached hydrogens (tertiary/aromatic N) is 3. The third-order valence-electron chi connectivity index (χ3n) is 3.27. The molecule has 0 N–H and O–H groups in total. The van der Waals surface area contributed by atoms with E-state index in [4.69, 9.17) is 0 Å². The number of benzene rings is 1. The van der Waals surface area contributed by atoms with Gasteiger partial charge in [-0.05, 0) is 31.0 Å². The largest absolute Gasteiger partial charge is 0.353 e. The highest BCUT2D eigenvalue weighted by Crippen LogP contribution is 2.19. The van der Waals surface area contributed by atoms with E-state index in [1.54, 1.807) is 6.07 Å². The van der Waals surface area contributed by atoms with Crippen LogP contribution in [0.5, 0.6) is 0 Å². The third kappa shape index (κ3) is 3.12. The molecule has 1 aromatic carbocycles. The predicted molar refractivity (Wildman–Crippen MR) is 78.8 cm³/mol. The van der Waals surface area contributed by atoms with Crippen molar-refractivity contribution >= 4 is 11.5 Å². The maximum atomic E-state index is 10.6. The lowest BCUT2D eigenvalue weighted by molar-refractivity contribution is -0.385. The summed E-state index contributed by atoms with van der Waals surface area (Å²) >= 11 is 0. The minimum absolute atomic E-state index is 0.0145. The predicted octanol–water partition coefficient (Wildman–Crippen LogP) is 3.32. The van der Waals surface area contributed by atoms with Crippen molar-refractivity contribution in [3.05, 3.63) is 63.8 Å². The first kappa shape index (κ1) is 14.0. The van der Waals surface area contributed by atoms with Gasteiger partial charge in [-0.3, -0.25) is 10.1 Å². The van der Waals surface area contributed by atoms with Gasteiger partial charge in [0.05, 0.1) is 4.92 Å². The highest BCUT2D eigenvalue weighted by Gasteiger charge is 2.11. The van der Waals surface area contributed by atoms with Crippen molar-refractivity contribution in [3.63, 3.8) is 0 Å². The highest BCUT2D eigenvalue weighted by molar-refractivity contribution is 5.44. The van der Waals surface area contributed by atoms with Gasteiger partial charge in [-0.15, -0.1) is 0 Å². The molecule has 0 spiro atoms. The van der Waals surface area contributed by atoms with Gasteiger partial charge in [0.1, 0.15) is 12.0 Å². The molecule has 0 radical (unpaired) electrons. The van der Waals surface area contributed by atoms with E-state index >= 15 is 0 Å². The van der Waals surface area contributed by atoms with Gasteiger partial charge >= 0.3 is 0 Å². The fraction of sp³-hybridized carbons (Fsp3) is 0.267. The van der Waals surface area contributed by atoms with Crippen LogP contribution in [0.3, 0.4) is 0 Å². The fourth-order valence-corrected chi connectivity index (χ4v) is 2.02. The first-order valence-electron chi connectivity index (χ1n) is 6.51. The Hall–Kier alpha value is -2.43. The zero-order valence-corrected chi connectivity index (χ0v) is 11.6. The van der Waals surface area contributed by atoms with Crippen molar-refractivity contribution < 1.29 is 4.92 Å². The van der Waals surface area contributed by atoms with Crippen LogP contribution >= 0.6 is 0 Å². The Morgan fingerprint density at radius 1 is 1.25 bits per heavy atom. The second-order valence-corrected chi connectivity index (χ2v) is 4.57. The molecule has 2 rings (SSSR count). The van der Waals surface area contributed by atoms with Gasteiger partial charge in [-0.2, -0.15) is 0 Å². The molecule has 0 saturated carbocycles. The van der Waals surface area contributed by atoms with Crippen LogP contribution in [0.15, 0.2) is 42.6 Å². The zero-order valence-electron chi connectivity index (χ0n) is 11.6. The summed E-state index contributed by atoms with van der Waals surface area (Å²) in [5, 5.41) is 10.6. The maximum Gasteiger partial charge on any atom is 0.287 e. The molecule has 5 nitrogen and oxygen atoms in total. The van der Waals surface area contributed by atoms with Gasteiger partial charge < -0.3 is 4.90 Å². The molecule has 0 aliphatic rings. The number of aryl methyl sites for hydroxylation is 1. The van der Waals surface area contributed by atoms with Gasteiger partial charge in [0, 0.05) is 19.2 Å². The lowest BCUT2D eigenvalue weighted by Crippen LogP contribution is -2.23. The van der Waals surface area contributed by atoms with Crippen LogP contribution in [0.1, 0.15) is 18.1 Å². The number of hydrogen-bond acceptors (Lipinski definition) is 4. The van der Waals surface area contributed by atoms with Gasteiger partial charge in [0.25, 0.3) is 5.69 Å². The highest BCUT2D eigenvalue weighted by atomic mass is 16.6. The van der Waals surface area contributed by atoms with Crippen LogP contribution < -0.4 is 4.90 Å². The number of nitro groups is 1. The minimum Gasteiger partial charge on any atom is -0.353 e. The Kier molecular flexibility index (Phi) is 4.30. The lowest BCUT2D eigenvalue weighted by atomic mass is 10.1. The normalized spacial score (nSPS) is 10.3. The summed E-state index contributed by atoms with van der Waals surface area (Å²) in [5.74, 6) is 0.751. The monoisotopic (exact) mass is 271 g/mol. The van der Waals surface area contributed by atoms with Crippen molar-refractivity contribution in [3.8, 4) is 0 Å². The standard InChI is InChI=1S/C15H17N3O2/c1-3-17(11-13-7-5-4-6-12(13)2)15-9-8-14(10-16-15)18(19)20/h4-10H,3,11H2,1-2H3. The number of rotatable bonds is 5. The van der Waals surface area contributed by atoms with Crippen LogP contribution in [0, 0.1) is 17.0 Å². The Bertz CT molecular complexity index is 596. The Morgan fingerprint density at radius 3 is 2.55 bits per heavy atom. The smallest absolute Gasteiger partial charge is 0.287 e. The summed E-state index contributed by atoms with van der Waals surface area (Å²) < 4.78 is 0. The average Bonchev–Trinajstić information content (AvgIpc) is 2.46. The molecular formula is C15H17N3O2. The second-order valence-electron chi connectivity index (χ2n) is 4.57. The molecule has 1 heterocycles. The second kappa shape index (κ2) is 6.14. The molecule has 104 valence electrons. The average molecular weight is 271 g/mol. The van der Waals surface area contributed by atoms with Crippen LogP contribution in [-0.4, -0.2) is 16.5 Å². The minimum atomic E-state index is -0.436. The molecule has 2 aromatic rings. The SMILES string of the molecule is CCN(Cc1ccccc1C)c1ccc([N+](=O)[O-])cn1. The summed E-state index contributed by atoms with van der Waals surface area (Å²) in [7, 11) is 0. The maximum absolute atomic E-state index is 10.6. The summed E-state index contributed by atoms with van der Waals surface area (Å²) in [4.78, 5) is 16.5. The Balaban J connectivity index is 2.20. The van der Waals surface area contributed by atoms with E-state index in [1.807, 2.05) is 19.1 Å². The quantitative estimate of drug-likeness (QED) is 0.618. The summed E-state index contributed by atoms with van der Waals surface area (Å²) in [6, 6.07) is 11.4. The number of aromatic nitrogens is 1. The molecule has 0 unspecified atom stereocenters.